The average Bonchev–Trinajstić information content (AvgIpc) is 1.75. The van der Waals surface area contributed by atoms with Crippen LogP contribution in [0.2, 0.25) is 0 Å². The van der Waals surface area contributed by atoms with Gasteiger partial charge in [0, 0.05) is 0 Å². The molecule has 0 aromatic rings. The van der Waals surface area contributed by atoms with E-state index < -0.39 is 6.16 Å². The van der Waals surface area contributed by atoms with Crippen LogP contribution >= 0.6 is 0 Å². The number of carbonyl (C=O) groups is 1. The molecule has 7 heteroatoms. The van der Waals surface area contributed by atoms with Crippen molar-refractivity contribution in [1.82, 2.24) is 0 Å². The Morgan fingerprint density at radius 2 is 1.00 bits per heavy atom. The van der Waals surface area contributed by atoms with Crippen LogP contribution in [0.4, 0.5) is 4.79 Å². The summed E-state index contributed by atoms with van der Waals surface area (Å²) in [5.41, 5.74) is 0. The van der Waals surface area contributed by atoms with E-state index in [0.29, 0.717) is 0 Å². The molecule has 0 aliphatic heterocycles. The summed E-state index contributed by atoms with van der Waals surface area (Å²) >= 11 is 0.389. The first-order chi connectivity index (χ1) is 3.73. The molecule has 8 heavy (non-hydrogen) atoms. The fourth-order valence-corrected chi connectivity index (χ4v) is 0. The van der Waals surface area contributed by atoms with Gasteiger partial charge in [0.1, 0.15) is 0 Å². The fraction of sp³-hybridized carbons (Fsp3) is 0. The van der Waals surface area contributed by atoms with Crippen LogP contribution in [0.3, 0.4) is 0 Å². The Morgan fingerprint density at radius 3 is 1.00 bits per heavy atom. The van der Waals surface area contributed by atoms with Crippen LogP contribution in [0.15, 0.2) is 0 Å². The van der Waals surface area contributed by atoms with Crippen LogP contribution in [-0.4, -0.2) is 65.8 Å². The molecule has 46 valence electrons. The molecule has 2 radical (unpaired) electrons. The van der Waals surface area contributed by atoms with Crippen molar-refractivity contribution in [3.63, 3.8) is 0 Å². The van der Waals surface area contributed by atoms with Gasteiger partial charge in [-0.2, -0.15) is 0 Å². The molecule has 0 atom stereocenters. The SMILES string of the molecule is O=C(O)O.[O]=[Bi].[O]=[Bi]. The van der Waals surface area contributed by atoms with Crippen molar-refractivity contribution in [3.05, 3.63) is 0 Å². The molecular formula is CH2Bi2O5. The van der Waals surface area contributed by atoms with Crippen molar-refractivity contribution in [3.8, 4) is 0 Å². The van der Waals surface area contributed by atoms with E-state index in [-0.39, 0.29) is 49.4 Å². The predicted molar refractivity (Wildman–Crippen MR) is 23.5 cm³/mol. The number of carboxylic acid groups (broad SMARTS) is 2. The molecule has 0 amide bonds. The van der Waals surface area contributed by atoms with Gasteiger partial charge in [-0.25, -0.2) is 4.79 Å². The second kappa shape index (κ2) is 25.4. The van der Waals surface area contributed by atoms with E-state index in [4.69, 9.17) is 20.6 Å². The minimum atomic E-state index is -1.83. The predicted octanol–water partition coefficient (Wildman–Crippen LogP) is -0.777. The Balaban J connectivity index is -0.0000000542. The van der Waals surface area contributed by atoms with Gasteiger partial charge in [-0.1, -0.05) is 0 Å². The standard InChI is InChI=1S/CH2O3.2Bi.2O/c2-1(3)4;;;;/h(H2,2,3,4);;;;. The molecule has 0 rings (SSSR count). The summed E-state index contributed by atoms with van der Waals surface area (Å²) in [7, 11) is 0. The van der Waals surface area contributed by atoms with Gasteiger partial charge in [0.05, 0.1) is 0 Å². The number of hydrogen-bond acceptors (Lipinski definition) is 3. The maximum atomic E-state index is 8.56. The van der Waals surface area contributed by atoms with Gasteiger partial charge in [-0.15, -0.1) is 0 Å². The molecule has 0 aliphatic carbocycles. The van der Waals surface area contributed by atoms with Crippen LogP contribution in [0.25, 0.3) is 0 Å². The van der Waals surface area contributed by atoms with Crippen molar-refractivity contribution >= 4 is 55.6 Å². The first-order valence-electron chi connectivity index (χ1n) is 1.02. The van der Waals surface area contributed by atoms with Crippen LogP contribution in [0, 0.1) is 0 Å². The van der Waals surface area contributed by atoms with Crippen molar-refractivity contribution in [2.24, 2.45) is 0 Å². The third-order valence-corrected chi connectivity index (χ3v) is 0. The quantitative estimate of drug-likeness (QED) is 0.417. The van der Waals surface area contributed by atoms with Crippen LogP contribution in [-0.2, 0) is 5.63 Å². The maximum absolute atomic E-state index is 8.56. The van der Waals surface area contributed by atoms with Crippen molar-refractivity contribution < 1.29 is 20.6 Å². The van der Waals surface area contributed by atoms with E-state index in [1.165, 1.54) is 0 Å². The molecule has 0 saturated heterocycles. The third-order valence-electron chi connectivity index (χ3n) is 0. The van der Waals surface area contributed by atoms with Gasteiger partial charge in [0.25, 0.3) is 0 Å². The van der Waals surface area contributed by atoms with Crippen molar-refractivity contribution in [1.29, 1.82) is 0 Å². The Kier molecular flexibility index (Phi) is 50.4. The van der Waals surface area contributed by atoms with E-state index >= 15 is 0 Å². The van der Waals surface area contributed by atoms with E-state index in [1.807, 2.05) is 0 Å². The molecule has 0 saturated carbocycles. The van der Waals surface area contributed by atoms with Crippen LogP contribution in [0.1, 0.15) is 0 Å². The normalized spacial score (nSPS) is 4.00. The molecular weight excluding hydrogens is 510 g/mol. The third kappa shape index (κ3) is 521. The Bertz CT molecular complexity index is 48.4. The van der Waals surface area contributed by atoms with E-state index in [9.17, 15) is 0 Å². The summed E-state index contributed by atoms with van der Waals surface area (Å²) < 4.78 is 16.7. The Hall–Kier alpha value is 0.636. The molecule has 0 spiro atoms. The zero-order valence-corrected chi connectivity index (χ0v) is 10.5. The van der Waals surface area contributed by atoms with Crippen molar-refractivity contribution in [2.75, 3.05) is 0 Å². The summed E-state index contributed by atoms with van der Waals surface area (Å²) in [6.45, 7) is 0. The van der Waals surface area contributed by atoms with Crippen molar-refractivity contribution in [2.45, 2.75) is 0 Å². The number of rotatable bonds is 0. The molecule has 5 nitrogen and oxygen atoms in total. The topological polar surface area (TPSA) is 91.7 Å². The summed E-state index contributed by atoms with van der Waals surface area (Å²) in [4.78, 5) is 8.56. The summed E-state index contributed by atoms with van der Waals surface area (Å²) in [5.74, 6) is 0. The van der Waals surface area contributed by atoms with Crippen LogP contribution < -0.4 is 0 Å². The zero-order chi connectivity index (χ0) is 7.58. The van der Waals surface area contributed by atoms with Gasteiger partial charge in [-0.3, -0.25) is 0 Å². The fourth-order valence-electron chi connectivity index (χ4n) is 0. The van der Waals surface area contributed by atoms with E-state index in [1.54, 1.807) is 0 Å². The molecule has 0 fully saturated rings. The Labute approximate surface area is 75.7 Å². The molecule has 0 aromatic carbocycles. The van der Waals surface area contributed by atoms with E-state index in [0.717, 1.165) is 0 Å². The first-order valence-corrected chi connectivity index (χ1v) is 3.86. The minimum absolute atomic E-state index is 0.194. The van der Waals surface area contributed by atoms with E-state index in [2.05, 4.69) is 0 Å². The number of hydrogen-bond donors (Lipinski definition) is 2. The molecule has 0 heterocycles. The van der Waals surface area contributed by atoms with Crippen LogP contribution in [0.5, 0.6) is 0 Å². The average molecular weight is 512 g/mol. The van der Waals surface area contributed by atoms with Gasteiger partial charge in [0.2, 0.25) is 0 Å². The second-order valence-corrected chi connectivity index (χ2v) is 0.283. The summed E-state index contributed by atoms with van der Waals surface area (Å²) in [5, 5.41) is 13.9. The van der Waals surface area contributed by atoms with Gasteiger partial charge in [-0.05, 0) is 0 Å². The summed E-state index contributed by atoms with van der Waals surface area (Å²) in [6, 6.07) is 0. The molecule has 0 bridgehead atoms. The van der Waals surface area contributed by atoms with Gasteiger partial charge < -0.3 is 10.2 Å². The molecule has 0 aliphatic rings. The van der Waals surface area contributed by atoms with Gasteiger partial charge >= 0.3 is 61.2 Å². The van der Waals surface area contributed by atoms with Gasteiger partial charge in [0.15, 0.2) is 0 Å². The Morgan fingerprint density at radius 1 is 1.00 bits per heavy atom. The monoisotopic (exact) mass is 512 g/mol. The zero-order valence-electron chi connectivity index (χ0n) is 3.51. The molecule has 2 N–H and O–H groups in total. The molecule has 0 aromatic heterocycles. The summed E-state index contributed by atoms with van der Waals surface area (Å²) in [6.07, 6.45) is -1.83. The second-order valence-electron chi connectivity index (χ2n) is 0.283. The first kappa shape index (κ1) is 15.9. The molecule has 0 unspecified atom stereocenters.